The number of rotatable bonds is 6. The summed E-state index contributed by atoms with van der Waals surface area (Å²) in [5.74, 6) is 2.46. The zero-order chi connectivity index (χ0) is 21.1. The van der Waals surface area contributed by atoms with Crippen LogP contribution in [0.15, 0.2) is 54.6 Å². The third-order valence-corrected chi connectivity index (χ3v) is 5.36. The zero-order valence-electron chi connectivity index (χ0n) is 17.4. The number of carbonyl (C=O) groups is 1. The minimum atomic E-state index is 0.0753. The highest BCUT2D eigenvalue weighted by Crippen LogP contribution is 2.48. The molecule has 0 radical (unpaired) electrons. The van der Waals surface area contributed by atoms with Gasteiger partial charge in [-0.25, -0.2) is 0 Å². The predicted octanol–water partition coefficient (Wildman–Crippen LogP) is 5.09. The molecule has 0 N–H and O–H groups in total. The number of benzene rings is 3. The normalized spacial score (nSPS) is 12.4. The van der Waals surface area contributed by atoms with Crippen molar-refractivity contribution >= 4 is 5.78 Å². The summed E-state index contributed by atoms with van der Waals surface area (Å²) in [6.45, 7) is 0.448. The molecule has 1 aliphatic rings. The lowest BCUT2D eigenvalue weighted by atomic mass is 9.95. The smallest absolute Gasteiger partial charge is 0.203 e. The van der Waals surface area contributed by atoms with Crippen molar-refractivity contribution in [2.75, 3.05) is 21.3 Å². The van der Waals surface area contributed by atoms with Gasteiger partial charge in [-0.2, -0.15) is 0 Å². The second kappa shape index (κ2) is 8.49. The molecule has 1 aliphatic carbocycles. The average molecular weight is 404 g/mol. The maximum Gasteiger partial charge on any atom is 0.203 e. The van der Waals surface area contributed by atoms with E-state index in [1.807, 2.05) is 54.6 Å². The monoisotopic (exact) mass is 404 g/mol. The van der Waals surface area contributed by atoms with Crippen molar-refractivity contribution in [3.63, 3.8) is 0 Å². The molecule has 0 unspecified atom stereocenters. The average Bonchev–Trinajstić information content (AvgIpc) is 2.93. The molecule has 154 valence electrons. The number of fused-ring (bicyclic) bond motifs is 3. The molecule has 0 saturated heterocycles. The first kappa shape index (κ1) is 19.8. The van der Waals surface area contributed by atoms with Gasteiger partial charge in [-0.3, -0.25) is 4.79 Å². The van der Waals surface area contributed by atoms with Gasteiger partial charge < -0.3 is 18.9 Å². The third-order valence-electron chi connectivity index (χ3n) is 5.36. The van der Waals surface area contributed by atoms with E-state index < -0.39 is 0 Å². The number of ketones is 1. The maximum atomic E-state index is 13.0. The lowest BCUT2D eigenvalue weighted by Gasteiger charge is -2.19. The van der Waals surface area contributed by atoms with Crippen LogP contribution in [0.4, 0.5) is 0 Å². The second-order valence-corrected chi connectivity index (χ2v) is 7.08. The topological polar surface area (TPSA) is 54.0 Å². The number of carbonyl (C=O) groups excluding carboxylic acids is 1. The Morgan fingerprint density at radius 1 is 0.767 bits per heavy atom. The molecule has 3 aromatic carbocycles. The highest BCUT2D eigenvalue weighted by atomic mass is 16.5. The molecular weight excluding hydrogens is 380 g/mol. The van der Waals surface area contributed by atoms with E-state index in [0.29, 0.717) is 48.0 Å². The zero-order valence-corrected chi connectivity index (χ0v) is 17.4. The molecule has 0 fully saturated rings. The van der Waals surface area contributed by atoms with E-state index in [9.17, 15) is 4.79 Å². The largest absolute Gasteiger partial charge is 0.493 e. The van der Waals surface area contributed by atoms with Gasteiger partial charge >= 0.3 is 0 Å². The number of ether oxygens (including phenoxy) is 4. The number of hydrogen-bond acceptors (Lipinski definition) is 5. The fourth-order valence-corrected chi connectivity index (χ4v) is 3.90. The van der Waals surface area contributed by atoms with Gasteiger partial charge in [0.05, 0.1) is 21.3 Å². The van der Waals surface area contributed by atoms with Crippen molar-refractivity contribution in [1.29, 1.82) is 0 Å². The highest BCUT2D eigenvalue weighted by molar-refractivity contribution is 6.05. The Kier molecular flexibility index (Phi) is 5.61. The van der Waals surface area contributed by atoms with Gasteiger partial charge in [0.25, 0.3) is 0 Å². The summed E-state index contributed by atoms with van der Waals surface area (Å²) < 4.78 is 22.6. The first-order valence-electron chi connectivity index (χ1n) is 9.82. The van der Waals surface area contributed by atoms with Crippen molar-refractivity contribution in [3.05, 3.63) is 71.3 Å². The first-order chi connectivity index (χ1) is 14.7. The maximum absolute atomic E-state index is 13.0. The van der Waals surface area contributed by atoms with E-state index >= 15 is 0 Å². The van der Waals surface area contributed by atoms with Gasteiger partial charge in [-0.05, 0) is 47.4 Å². The molecule has 0 amide bonds. The molecule has 5 heteroatoms. The minimum Gasteiger partial charge on any atom is -0.493 e. The molecule has 30 heavy (non-hydrogen) atoms. The van der Waals surface area contributed by atoms with Crippen molar-refractivity contribution in [2.45, 2.75) is 19.4 Å². The Hall–Kier alpha value is -3.47. The Morgan fingerprint density at radius 3 is 2.23 bits per heavy atom. The molecule has 0 aromatic heterocycles. The molecule has 0 heterocycles. The Bertz CT molecular complexity index is 1070. The summed E-state index contributed by atoms with van der Waals surface area (Å²) in [4.78, 5) is 13.0. The number of hydrogen-bond donors (Lipinski definition) is 0. The number of methoxy groups -OCH3 is 3. The van der Waals surface area contributed by atoms with Crippen LogP contribution in [0.5, 0.6) is 23.0 Å². The van der Waals surface area contributed by atoms with Crippen LogP contribution < -0.4 is 18.9 Å². The van der Waals surface area contributed by atoms with Crippen molar-refractivity contribution < 1.29 is 23.7 Å². The van der Waals surface area contributed by atoms with Crippen LogP contribution in [0.25, 0.3) is 11.1 Å². The molecule has 3 aromatic rings. The lowest BCUT2D eigenvalue weighted by molar-refractivity contribution is 0.0984. The fraction of sp³-hybridized carbons (Fsp3) is 0.240. The number of Topliss-reactive ketones (excluding diaryl/α,β-unsaturated/α-hetero) is 1. The summed E-state index contributed by atoms with van der Waals surface area (Å²) >= 11 is 0. The molecule has 0 spiro atoms. The van der Waals surface area contributed by atoms with E-state index in [4.69, 9.17) is 18.9 Å². The van der Waals surface area contributed by atoms with Gasteiger partial charge in [0.2, 0.25) is 5.75 Å². The Labute approximate surface area is 176 Å². The van der Waals surface area contributed by atoms with Crippen LogP contribution in [-0.2, 0) is 13.0 Å². The first-order valence-corrected chi connectivity index (χ1v) is 9.82. The summed E-state index contributed by atoms with van der Waals surface area (Å²) in [5.41, 5.74) is 4.43. The quantitative estimate of drug-likeness (QED) is 0.573. The highest BCUT2D eigenvalue weighted by Gasteiger charge is 2.27. The van der Waals surface area contributed by atoms with Crippen LogP contribution >= 0.6 is 0 Å². The van der Waals surface area contributed by atoms with Gasteiger partial charge in [-0.1, -0.05) is 30.3 Å². The van der Waals surface area contributed by atoms with Gasteiger partial charge in [0, 0.05) is 17.5 Å². The van der Waals surface area contributed by atoms with E-state index in [-0.39, 0.29) is 5.78 Å². The molecule has 0 saturated carbocycles. The predicted molar refractivity (Wildman–Crippen MR) is 115 cm³/mol. The molecule has 0 atom stereocenters. The molecule has 5 nitrogen and oxygen atoms in total. The summed E-state index contributed by atoms with van der Waals surface area (Å²) in [6, 6.07) is 17.5. The standard InChI is InChI=1S/C25H24O5/c1-27-23-14-20-18-10-9-17(30-15-16-7-5-4-6-8-16)13-21(18)22(26)12-11-19(20)24(28-2)25(23)29-3/h4-10,13-14H,11-12,15H2,1-3H3. The van der Waals surface area contributed by atoms with Crippen LogP contribution in [-0.4, -0.2) is 27.1 Å². The molecule has 0 bridgehead atoms. The van der Waals surface area contributed by atoms with Gasteiger partial charge in [0.15, 0.2) is 17.3 Å². The third kappa shape index (κ3) is 3.59. The van der Waals surface area contributed by atoms with Crippen LogP contribution in [0.2, 0.25) is 0 Å². The van der Waals surface area contributed by atoms with E-state index in [1.165, 1.54) is 0 Å². The molecule has 4 rings (SSSR count). The molecular formula is C25H24O5. The fourth-order valence-electron chi connectivity index (χ4n) is 3.90. The minimum absolute atomic E-state index is 0.0753. The summed E-state index contributed by atoms with van der Waals surface area (Å²) in [7, 11) is 4.78. The van der Waals surface area contributed by atoms with Crippen molar-refractivity contribution in [2.24, 2.45) is 0 Å². The van der Waals surface area contributed by atoms with E-state index in [1.54, 1.807) is 21.3 Å². The molecule has 0 aliphatic heterocycles. The second-order valence-electron chi connectivity index (χ2n) is 7.08. The van der Waals surface area contributed by atoms with Crippen molar-refractivity contribution in [3.8, 4) is 34.1 Å². The van der Waals surface area contributed by atoms with Crippen LogP contribution in [0.3, 0.4) is 0 Å². The van der Waals surface area contributed by atoms with Crippen LogP contribution in [0.1, 0.15) is 27.9 Å². The Morgan fingerprint density at radius 2 is 1.53 bits per heavy atom. The SMILES string of the molecule is COc1cc2c(c(OC)c1OC)CCC(=O)c1cc(OCc3ccccc3)ccc1-2. The van der Waals surface area contributed by atoms with E-state index in [2.05, 4.69) is 0 Å². The van der Waals surface area contributed by atoms with Gasteiger partial charge in [-0.15, -0.1) is 0 Å². The lowest BCUT2D eigenvalue weighted by Crippen LogP contribution is -2.01. The summed E-state index contributed by atoms with van der Waals surface area (Å²) in [6.07, 6.45) is 0.945. The van der Waals surface area contributed by atoms with Gasteiger partial charge in [0.1, 0.15) is 12.4 Å². The summed E-state index contributed by atoms with van der Waals surface area (Å²) in [5, 5.41) is 0. The van der Waals surface area contributed by atoms with E-state index in [0.717, 1.165) is 22.3 Å². The van der Waals surface area contributed by atoms with Crippen molar-refractivity contribution in [1.82, 2.24) is 0 Å². The Balaban J connectivity index is 1.77. The van der Waals surface area contributed by atoms with Crippen LogP contribution in [0, 0.1) is 0 Å².